The van der Waals surface area contributed by atoms with Gasteiger partial charge in [-0.15, -0.1) is 0 Å². The minimum atomic E-state index is -0.933. The lowest BCUT2D eigenvalue weighted by molar-refractivity contribution is -0.266. The molecule has 1 spiro atoms. The molecule has 0 radical (unpaired) electrons. The van der Waals surface area contributed by atoms with Gasteiger partial charge in [-0.3, -0.25) is 0 Å². The van der Waals surface area contributed by atoms with Crippen LogP contribution in [0.15, 0.2) is 12.1 Å². The first-order chi connectivity index (χ1) is 13.8. The summed E-state index contributed by atoms with van der Waals surface area (Å²) < 4.78 is 13.1. The second-order valence-corrected chi connectivity index (χ2v) is 12.2. The minimum Gasteiger partial charge on any atom is -0.504 e. The van der Waals surface area contributed by atoms with E-state index < -0.39 is 11.2 Å². The molecule has 166 valence electrons. The van der Waals surface area contributed by atoms with Crippen LogP contribution in [0.5, 0.6) is 11.5 Å². The van der Waals surface area contributed by atoms with Crippen LogP contribution in [0.25, 0.3) is 0 Å². The highest BCUT2D eigenvalue weighted by Gasteiger charge is 2.76. The molecule has 0 amide bonds. The molecule has 1 aromatic rings. The van der Waals surface area contributed by atoms with E-state index in [0.717, 1.165) is 19.3 Å². The lowest BCUT2D eigenvalue weighted by Gasteiger charge is -2.69. The van der Waals surface area contributed by atoms with Crippen molar-refractivity contribution >= 4 is 0 Å². The highest BCUT2D eigenvalue weighted by atomic mass is 16.6. The molecule has 5 rings (SSSR count). The maximum atomic E-state index is 12.0. The predicted octanol–water partition coefficient (Wildman–Crippen LogP) is 4.98. The molecule has 4 aliphatic rings. The van der Waals surface area contributed by atoms with Gasteiger partial charge >= 0.3 is 0 Å². The van der Waals surface area contributed by atoms with Crippen molar-refractivity contribution in [3.63, 3.8) is 0 Å². The molecule has 4 heteroatoms. The number of aliphatic hydroxyl groups is 1. The van der Waals surface area contributed by atoms with Crippen LogP contribution < -0.4 is 4.74 Å². The van der Waals surface area contributed by atoms with Crippen molar-refractivity contribution in [3.05, 3.63) is 23.3 Å². The predicted molar refractivity (Wildman–Crippen MR) is 117 cm³/mol. The van der Waals surface area contributed by atoms with E-state index in [0.29, 0.717) is 11.7 Å². The molecule has 3 aliphatic carbocycles. The van der Waals surface area contributed by atoms with Gasteiger partial charge < -0.3 is 19.7 Å². The van der Waals surface area contributed by atoms with Gasteiger partial charge in [0.1, 0.15) is 11.7 Å². The monoisotopic (exact) mass is 414 g/mol. The summed E-state index contributed by atoms with van der Waals surface area (Å²) in [5.41, 5.74) is 0.498. The number of methoxy groups -OCH3 is 1. The van der Waals surface area contributed by atoms with Crippen LogP contribution in [0, 0.1) is 22.7 Å². The molecule has 2 fully saturated rings. The van der Waals surface area contributed by atoms with Crippen LogP contribution in [0.1, 0.15) is 78.4 Å². The highest BCUT2D eigenvalue weighted by Crippen LogP contribution is 2.74. The average molecular weight is 415 g/mol. The summed E-state index contributed by atoms with van der Waals surface area (Å²) in [5, 5.41) is 22.7. The standard InChI is InChI=1S/C26H38O4/c1-22(2,3)25(6,28)18-14-23(4)16-9-8-12-26(23)19-15(13-16)10-11-17(27)20(19)30-21(26)24(18,5)29-7/h10-11,16,18,21,27-28H,8-9,12-14H2,1-7H3/t16-,18+,21+,23-,24-,25+,26+/m1/s1. The van der Waals surface area contributed by atoms with Gasteiger partial charge in [-0.2, -0.15) is 0 Å². The van der Waals surface area contributed by atoms with E-state index in [2.05, 4.69) is 40.7 Å². The summed E-state index contributed by atoms with van der Waals surface area (Å²) in [7, 11) is 1.77. The first-order valence-corrected chi connectivity index (χ1v) is 11.6. The Morgan fingerprint density at radius 1 is 1.17 bits per heavy atom. The lowest BCUT2D eigenvalue weighted by atomic mass is 9.36. The summed E-state index contributed by atoms with van der Waals surface area (Å²) in [6, 6.07) is 3.91. The van der Waals surface area contributed by atoms with E-state index in [4.69, 9.17) is 9.47 Å². The van der Waals surface area contributed by atoms with Crippen molar-refractivity contribution in [2.24, 2.45) is 22.7 Å². The molecule has 1 aliphatic heterocycles. The molecule has 1 heterocycles. The van der Waals surface area contributed by atoms with Gasteiger partial charge in [0.05, 0.1) is 5.60 Å². The average Bonchev–Trinajstić information content (AvgIpc) is 3.01. The third-order valence-corrected chi connectivity index (χ3v) is 10.3. The molecule has 1 aromatic carbocycles. The number of phenolic OH excluding ortho intramolecular Hbond substituents is 1. The fraction of sp³-hybridized carbons (Fsp3) is 0.769. The van der Waals surface area contributed by atoms with E-state index in [1.807, 2.05) is 6.92 Å². The Balaban J connectivity index is 1.80. The Kier molecular flexibility index (Phi) is 3.95. The van der Waals surface area contributed by atoms with E-state index in [-0.39, 0.29) is 34.0 Å². The zero-order chi connectivity index (χ0) is 21.9. The molecule has 2 N–H and O–H groups in total. The number of hydrogen-bond acceptors (Lipinski definition) is 4. The largest absolute Gasteiger partial charge is 0.504 e. The van der Waals surface area contributed by atoms with E-state index in [1.165, 1.54) is 24.0 Å². The van der Waals surface area contributed by atoms with E-state index in [1.54, 1.807) is 13.2 Å². The van der Waals surface area contributed by atoms with Crippen molar-refractivity contribution in [2.75, 3.05) is 7.11 Å². The topological polar surface area (TPSA) is 58.9 Å². The fourth-order valence-electron chi connectivity index (χ4n) is 8.06. The molecule has 30 heavy (non-hydrogen) atoms. The highest BCUT2D eigenvalue weighted by molar-refractivity contribution is 5.62. The summed E-state index contributed by atoms with van der Waals surface area (Å²) in [6.45, 7) is 12.9. The second-order valence-electron chi connectivity index (χ2n) is 12.2. The molecule has 0 saturated heterocycles. The van der Waals surface area contributed by atoms with Crippen molar-refractivity contribution in [2.45, 2.75) is 96.4 Å². The van der Waals surface area contributed by atoms with Crippen LogP contribution in [-0.4, -0.2) is 34.6 Å². The van der Waals surface area contributed by atoms with Crippen molar-refractivity contribution < 1.29 is 19.7 Å². The van der Waals surface area contributed by atoms with Crippen LogP contribution in [-0.2, 0) is 16.6 Å². The fourth-order valence-corrected chi connectivity index (χ4v) is 8.06. The van der Waals surface area contributed by atoms with Crippen LogP contribution >= 0.6 is 0 Å². The van der Waals surface area contributed by atoms with Gasteiger partial charge in [0.15, 0.2) is 11.5 Å². The molecule has 2 saturated carbocycles. The summed E-state index contributed by atoms with van der Waals surface area (Å²) in [5.74, 6) is 1.38. The van der Waals surface area contributed by atoms with Gasteiger partial charge in [0.25, 0.3) is 0 Å². The first kappa shape index (κ1) is 20.6. The molecule has 7 atom stereocenters. The number of benzene rings is 1. The van der Waals surface area contributed by atoms with E-state index >= 15 is 0 Å². The van der Waals surface area contributed by atoms with E-state index in [9.17, 15) is 10.2 Å². The second kappa shape index (κ2) is 5.75. The van der Waals surface area contributed by atoms with Crippen molar-refractivity contribution in [1.82, 2.24) is 0 Å². The molecule has 0 aromatic heterocycles. The van der Waals surface area contributed by atoms with Crippen LogP contribution in [0.2, 0.25) is 0 Å². The number of hydrogen-bond donors (Lipinski definition) is 2. The molecule has 4 nitrogen and oxygen atoms in total. The SMILES string of the molecule is CO[C@]1(C)[C@@H]([C@](C)(O)C(C)(C)C)C[C@]2(C)[C@@H]3CCC[C@@]24c2c(ccc(O)c2O[C@@H]14)C3. The lowest BCUT2D eigenvalue weighted by Crippen LogP contribution is -2.75. The Hall–Kier alpha value is -1.26. The Morgan fingerprint density at radius 2 is 1.87 bits per heavy atom. The number of phenols is 1. The smallest absolute Gasteiger partial charge is 0.165 e. The summed E-state index contributed by atoms with van der Waals surface area (Å²) >= 11 is 0. The van der Waals surface area contributed by atoms with Gasteiger partial charge in [-0.25, -0.2) is 0 Å². The number of rotatable bonds is 2. The quantitative estimate of drug-likeness (QED) is 0.717. The van der Waals surface area contributed by atoms with Crippen molar-refractivity contribution in [1.29, 1.82) is 0 Å². The van der Waals surface area contributed by atoms with Crippen LogP contribution in [0.4, 0.5) is 0 Å². The van der Waals surface area contributed by atoms with Gasteiger partial charge in [0, 0.05) is 24.0 Å². The van der Waals surface area contributed by atoms with Gasteiger partial charge in [-0.05, 0) is 67.9 Å². The zero-order valence-electron chi connectivity index (χ0n) is 19.6. The number of ether oxygens (including phenoxy) is 2. The zero-order valence-corrected chi connectivity index (χ0v) is 19.6. The maximum Gasteiger partial charge on any atom is 0.165 e. The number of aromatic hydroxyl groups is 1. The molecular formula is C26H38O4. The van der Waals surface area contributed by atoms with Gasteiger partial charge in [-0.1, -0.05) is 40.2 Å². The molecule has 0 unspecified atom stereocenters. The molecular weight excluding hydrogens is 376 g/mol. The first-order valence-electron chi connectivity index (χ1n) is 11.6. The summed E-state index contributed by atoms with van der Waals surface area (Å²) in [4.78, 5) is 0. The summed E-state index contributed by atoms with van der Waals surface area (Å²) in [6.07, 6.45) is 5.16. The minimum absolute atomic E-state index is 0.0000926. The van der Waals surface area contributed by atoms with Crippen molar-refractivity contribution in [3.8, 4) is 11.5 Å². The van der Waals surface area contributed by atoms with Crippen LogP contribution in [0.3, 0.4) is 0 Å². The third-order valence-electron chi connectivity index (χ3n) is 10.3. The Morgan fingerprint density at radius 3 is 2.50 bits per heavy atom. The normalized spacial score (nSPS) is 43.5. The van der Waals surface area contributed by atoms with Gasteiger partial charge in [0.2, 0.25) is 0 Å². The third kappa shape index (κ3) is 2.06. The Bertz CT molecular complexity index is 899. The Labute approximate surface area is 181 Å². The molecule has 2 bridgehead atoms. The maximum absolute atomic E-state index is 12.0.